The van der Waals surface area contributed by atoms with E-state index < -0.39 is 0 Å². The van der Waals surface area contributed by atoms with Gasteiger partial charge in [-0.25, -0.2) is 4.98 Å². The van der Waals surface area contributed by atoms with Gasteiger partial charge in [-0.05, 0) is 44.5 Å². The van der Waals surface area contributed by atoms with E-state index in [1.54, 1.807) is 0 Å². The third-order valence-corrected chi connectivity index (χ3v) is 5.36. The molecular weight excluding hydrogens is 346 g/mol. The summed E-state index contributed by atoms with van der Waals surface area (Å²) in [6.07, 6.45) is 1.32. The van der Waals surface area contributed by atoms with Crippen LogP contribution in [0.3, 0.4) is 0 Å². The van der Waals surface area contributed by atoms with Gasteiger partial charge in [-0.2, -0.15) is 0 Å². The molecule has 136 valence electrons. The molecule has 3 rings (SSSR count). The maximum Gasteiger partial charge on any atom is 0.220 e. The van der Waals surface area contributed by atoms with Crippen LogP contribution in [0.2, 0.25) is 0 Å². The van der Waals surface area contributed by atoms with E-state index in [1.807, 2.05) is 44.2 Å². The van der Waals surface area contributed by atoms with Gasteiger partial charge in [-0.15, -0.1) is 11.3 Å². The van der Waals surface area contributed by atoms with E-state index in [1.165, 1.54) is 11.3 Å². The van der Waals surface area contributed by atoms with Crippen LogP contribution in [0.1, 0.15) is 39.6 Å². The first-order valence-electron chi connectivity index (χ1n) is 8.83. The van der Waals surface area contributed by atoms with Gasteiger partial charge in [0.15, 0.2) is 5.78 Å². The molecule has 0 fully saturated rings. The molecule has 2 heterocycles. The number of nitrogens with zero attached hydrogens (tertiary/aromatic N) is 2. The van der Waals surface area contributed by atoms with Gasteiger partial charge in [0.2, 0.25) is 5.91 Å². The average molecular weight is 369 g/mol. The Kier molecular flexibility index (Phi) is 5.83. The number of aryl methyl sites for hydroxylation is 3. The number of hydrogen-bond donors (Lipinski definition) is 1. The van der Waals surface area contributed by atoms with Crippen molar-refractivity contribution in [2.75, 3.05) is 6.54 Å². The molecule has 5 nitrogen and oxygen atoms in total. The number of aromatic nitrogens is 2. The van der Waals surface area contributed by atoms with Gasteiger partial charge in [0.25, 0.3) is 0 Å². The first-order chi connectivity index (χ1) is 12.5. The molecule has 1 amide bonds. The van der Waals surface area contributed by atoms with Crippen LogP contribution < -0.4 is 5.32 Å². The second-order valence-corrected chi connectivity index (χ2v) is 7.62. The highest BCUT2D eigenvalue weighted by Gasteiger charge is 2.11. The van der Waals surface area contributed by atoms with Crippen LogP contribution in [0.4, 0.5) is 0 Å². The molecule has 1 N–H and O–H groups in total. The minimum Gasteiger partial charge on any atom is -0.356 e. The Labute approximate surface area is 157 Å². The topological polar surface area (TPSA) is 64.0 Å². The molecule has 0 atom stereocenters. The second-order valence-electron chi connectivity index (χ2n) is 6.34. The summed E-state index contributed by atoms with van der Waals surface area (Å²) in [5, 5.41) is 2.90. The zero-order chi connectivity index (χ0) is 18.5. The number of thiophene rings is 1. The maximum absolute atomic E-state index is 12.0. The number of hydrogen-bond acceptors (Lipinski definition) is 4. The lowest BCUT2D eigenvalue weighted by Gasteiger charge is -2.08. The molecule has 0 aliphatic heterocycles. The molecule has 0 bridgehead atoms. The lowest BCUT2D eigenvalue weighted by molar-refractivity contribution is -0.121. The zero-order valence-corrected chi connectivity index (χ0v) is 15.9. The van der Waals surface area contributed by atoms with Gasteiger partial charge < -0.3 is 9.88 Å². The fourth-order valence-electron chi connectivity index (χ4n) is 2.97. The van der Waals surface area contributed by atoms with E-state index in [0.717, 1.165) is 39.6 Å². The fourth-order valence-corrected chi connectivity index (χ4v) is 3.80. The molecule has 26 heavy (non-hydrogen) atoms. The second kappa shape index (κ2) is 8.27. The van der Waals surface area contributed by atoms with E-state index in [2.05, 4.69) is 20.9 Å². The third kappa shape index (κ3) is 4.38. The normalized spacial score (nSPS) is 11.0. The van der Waals surface area contributed by atoms with Crippen LogP contribution in [-0.2, 0) is 11.3 Å². The minimum absolute atomic E-state index is 0.0405. The van der Waals surface area contributed by atoms with Gasteiger partial charge in [0, 0.05) is 30.8 Å². The van der Waals surface area contributed by atoms with Gasteiger partial charge in [-0.3, -0.25) is 9.59 Å². The predicted molar refractivity (Wildman–Crippen MR) is 105 cm³/mol. The van der Waals surface area contributed by atoms with Gasteiger partial charge >= 0.3 is 0 Å². The van der Waals surface area contributed by atoms with E-state index in [0.29, 0.717) is 6.54 Å². The van der Waals surface area contributed by atoms with Gasteiger partial charge in [0.05, 0.1) is 15.9 Å². The van der Waals surface area contributed by atoms with E-state index in [-0.39, 0.29) is 24.5 Å². The molecule has 3 aromatic rings. The number of fused-ring (bicyclic) bond motifs is 1. The SMILES string of the molecule is Cc1ccc(C(=O)CCC(=O)NCCCn2c(C)nc3ccccc32)s1. The summed E-state index contributed by atoms with van der Waals surface area (Å²) < 4.78 is 2.17. The number of carbonyl (C=O) groups excluding carboxylic acids is 2. The number of para-hydroxylation sites is 2. The molecule has 6 heteroatoms. The Hall–Kier alpha value is -2.47. The zero-order valence-electron chi connectivity index (χ0n) is 15.1. The van der Waals surface area contributed by atoms with E-state index in [9.17, 15) is 9.59 Å². The summed E-state index contributed by atoms with van der Waals surface area (Å²) in [4.78, 5) is 30.4. The highest BCUT2D eigenvalue weighted by Crippen LogP contribution is 2.17. The Morgan fingerprint density at radius 3 is 2.69 bits per heavy atom. The standard InChI is InChI=1S/C20H23N3O2S/c1-14-8-10-19(26-14)18(24)9-11-20(25)21-12-5-13-23-15(2)22-16-6-3-4-7-17(16)23/h3-4,6-8,10H,5,9,11-13H2,1-2H3,(H,21,25). The van der Waals surface area contributed by atoms with E-state index in [4.69, 9.17) is 0 Å². The van der Waals surface area contributed by atoms with Gasteiger partial charge in [-0.1, -0.05) is 12.1 Å². The summed E-state index contributed by atoms with van der Waals surface area (Å²) in [7, 11) is 0. The van der Waals surface area contributed by atoms with Crippen molar-refractivity contribution in [2.45, 2.75) is 39.7 Å². The summed E-state index contributed by atoms with van der Waals surface area (Å²) >= 11 is 1.48. The number of rotatable bonds is 8. The first kappa shape index (κ1) is 18.3. The van der Waals surface area contributed by atoms with Crippen molar-refractivity contribution in [2.24, 2.45) is 0 Å². The first-order valence-corrected chi connectivity index (χ1v) is 9.64. The molecule has 0 saturated heterocycles. The predicted octanol–water partition coefficient (Wildman–Crippen LogP) is 3.88. The van der Waals surface area contributed by atoms with Crippen molar-refractivity contribution >= 4 is 34.1 Å². The lowest BCUT2D eigenvalue weighted by atomic mass is 10.2. The minimum atomic E-state index is -0.0705. The fraction of sp³-hybridized carbons (Fsp3) is 0.350. The van der Waals surface area contributed by atoms with Crippen LogP contribution in [0.25, 0.3) is 11.0 Å². The molecule has 0 saturated carbocycles. The number of benzene rings is 1. The number of Topliss-reactive ketones (excluding diaryl/α,β-unsaturated/α-hetero) is 1. The Morgan fingerprint density at radius 1 is 1.12 bits per heavy atom. The highest BCUT2D eigenvalue weighted by molar-refractivity contribution is 7.14. The summed E-state index contributed by atoms with van der Waals surface area (Å²) in [5.74, 6) is 0.951. The summed E-state index contributed by atoms with van der Waals surface area (Å²) in [5.41, 5.74) is 2.12. The van der Waals surface area contributed by atoms with Crippen LogP contribution >= 0.6 is 11.3 Å². The van der Waals surface area contributed by atoms with Crippen molar-refractivity contribution < 1.29 is 9.59 Å². The summed E-state index contributed by atoms with van der Waals surface area (Å²) in [6, 6.07) is 11.8. The number of carbonyl (C=O) groups is 2. The van der Waals surface area contributed by atoms with Crippen LogP contribution in [0.15, 0.2) is 36.4 Å². The molecular formula is C20H23N3O2S. The number of ketones is 1. The molecule has 0 spiro atoms. The Bertz CT molecular complexity index is 926. The lowest BCUT2D eigenvalue weighted by Crippen LogP contribution is -2.25. The highest BCUT2D eigenvalue weighted by atomic mass is 32.1. The molecule has 2 aromatic heterocycles. The Morgan fingerprint density at radius 2 is 1.92 bits per heavy atom. The monoisotopic (exact) mass is 369 g/mol. The number of nitrogens with one attached hydrogen (secondary N) is 1. The quantitative estimate of drug-likeness (QED) is 0.484. The van der Waals surface area contributed by atoms with Crippen LogP contribution in [0, 0.1) is 13.8 Å². The van der Waals surface area contributed by atoms with Crippen molar-refractivity contribution in [3.05, 3.63) is 52.0 Å². The number of amides is 1. The smallest absolute Gasteiger partial charge is 0.220 e. The third-order valence-electron chi connectivity index (χ3n) is 4.32. The van der Waals surface area contributed by atoms with Crippen LogP contribution in [0.5, 0.6) is 0 Å². The molecule has 0 unspecified atom stereocenters. The van der Waals surface area contributed by atoms with E-state index >= 15 is 0 Å². The van der Waals surface area contributed by atoms with Crippen molar-refractivity contribution in [3.8, 4) is 0 Å². The van der Waals surface area contributed by atoms with Crippen molar-refractivity contribution in [1.29, 1.82) is 0 Å². The van der Waals surface area contributed by atoms with Crippen molar-refractivity contribution in [3.63, 3.8) is 0 Å². The van der Waals surface area contributed by atoms with Crippen LogP contribution in [-0.4, -0.2) is 27.8 Å². The molecule has 0 aliphatic carbocycles. The maximum atomic E-state index is 12.0. The van der Waals surface area contributed by atoms with Gasteiger partial charge in [0.1, 0.15) is 5.82 Å². The summed E-state index contributed by atoms with van der Waals surface area (Å²) in [6.45, 7) is 5.37. The van der Waals surface area contributed by atoms with Crippen molar-refractivity contribution in [1.82, 2.24) is 14.9 Å². The number of imidazole rings is 1. The largest absolute Gasteiger partial charge is 0.356 e. The molecule has 0 radical (unpaired) electrons. The Balaban J connectivity index is 1.41. The molecule has 0 aliphatic rings. The average Bonchev–Trinajstić information content (AvgIpc) is 3.19. The molecule has 1 aromatic carbocycles.